The highest BCUT2D eigenvalue weighted by Crippen LogP contribution is 2.46. The minimum absolute atomic E-state index is 0.00515. The van der Waals surface area contributed by atoms with Crippen molar-refractivity contribution in [1.82, 2.24) is 9.62 Å². The lowest BCUT2D eigenvalue weighted by molar-refractivity contribution is -0.137. The van der Waals surface area contributed by atoms with Crippen molar-refractivity contribution >= 4 is 27.5 Å². The van der Waals surface area contributed by atoms with Crippen LogP contribution in [0.15, 0.2) is 24.3 Å². The lowest BCUT2D eigenvalue weighted by atomic mass is 9.80. The third-order valence-electron chi connectivity index (χ3n) is 7.32. The fraction of sp³-hybridized carbons (Fsp3) is 0.481. The molecule has 1 aliphatic heterocycles. The van der Waals surface area contributed by atoms with Crippen molar-refractivity contribution in [3.05, 3.63) is 63.2 Å². The Hall–Kier alpha value is -2.95. The lowest BCUT2D eigenvalue weighted by Crippen LogP contribution is -2.43. The average Bonchev–Trinajstić information content (AvgIpc) is 3.72. The Kier molecular flexibility index (Phi) is 8.87. The summed E-state index contributed by atoms with van der Waals surface area (Å²) in [5, 5.41) is 9.36. The minimum atomic E-state index is -4.66. The van der Waals surface area contributed by atoms with Crippen LogP contribution in [0.1, 0.15) is 58.6 Å². The lowest BCUT2D eigenvalue weighted by Gasteiger charge is -2.37. The standard InChI is InChI=1S/C27H27ClF5N3O4S/c1-41(38,39)35-25(37)20-12-19(16-2-3-16)23(13-22(20)29)40-15-26(14-34)5-8-36(9-6-26)7-4-17-10-18(27(31,32)33)11-21(28)24(17)30/h10-13,16H,2-9,15H2,1H3,(H,35,37). The van der Waals surface area contributed by atoms with Crippen LogP contribution in [-0.2, 0) is 22.6 Å². The van der Waals surface area contributed by atoms with Gasteiger partial charge in [-0.25, -0.2) is 21.9 Å². The molecule has 2 aliphatic rings. The molecule has 41 heavy (non-hydrogen) atoms. The van der Waals surface area contributed by atoms with Gasteiger partial charge in [-0.2, -0.15) is 18.4 Å². The van der Waals surface area contributed by atoms with Crippen LogP contribution in [0.5, 0.6) is 5.75 Å². The number of nitrogens with one attached hydrogen (secondary N) is 1. The number of likely N-dealkylation sites (tertiary alicyclic amines) is 1. The van der Waals surface area contributed by atoms with E-state index in [0.717, 1.165) is 31.2 Å². The quantitative estimate of drug-likeness (QED) is 0.376. The molecule has 0 bridgehead atoms. The number of rotatable bonds is 9. The van der Waals surface area contributed by atoms with E-state index in [0.29, 0.717) is 37.6 Å². The summed E-state index contributed by atoms with van der Waals surface area (Å²) in [5.74, 6) is -2.76. The van der Waals surface area contributed by atoms with E-state index in [9.17, 15) is 40.4 Å². The number of hydrogen-bond donors (Lipinski definition) is 1. The molecular weight excluding hydrogens is 593 g/mol. The average molecular weight is 620 g/mol. The van der Waals surface area contributed by atoms with Crippen LogP contribution in [0.4, 0.5) is 22.0 Å². The van der Waals surface area contributed by atoms with Gasteiger partial charge < -0.3 is 9.64 Å². The van der Waals surface area contributed by atoms with Gasteiger partial charge >= 0.3 is 6.18 Å². The maximum Gasteiger partial charge on any atom is 0.416 e. The Bertz CT molecular complexity index is 1480. The number of alkyl halides is 3. The number of halogens is 6. The number of carbonyl (C=O) groups is 1. The molecule has 1 amide bonds. The van der Waals surface area contributed by atoms with Crippen LogP contribution in [0.2, 0.25) is 5.02 Å². The number of benzene rings is 2. The van der Waals surface area contributed by atoms with E-state index >= 15 is 0 Å². The van der Waals surface area contributed by atoms with Crippen LogP contribution >= 0.6 is 11.6 Å². The molecule has 1 saturated heterocycles. The maximum absolute atomic E-state index is 14.8. The van der Waals surface area contributed by atoms with E-state index in [4.69, 9.17) is 16.3 Å². The van der Waals surface area contributed by atoms with Crippen molar-refractivity contribution < 1.29 is 39.9 Å². The predicted octanol–water partition coefficient (Wildman–Crippen LogP) is 5.43. The topological polar surface area (TPSA) is 99.5 Å². The van der Waals surface area contributed by atoms with E-state index in [1.807, 2.05) is 4.90 Å². The van der Waals surface area contributed by atoms with Crippen molar-refractivity contribution in [1.29, 1.82) is 5.26 Å². The summed E-state index contributed by atoms with van der Waals surface area (Å²) in [7, 11) is -3.90. The van der Waals surface area contributed by atoms with Gasteiger partial charge in [-0.15, -0.1) is 0 Å². The molecule has 0 atom stereocenters. The summed E-state index contributed by atoms with van der Waals surface area (Å²) >= 11 is 5.68. The Balaban J connectivity index is 1.40. The van der Waals surface area contributed by atoms with Crippen LogP contribution in [0.3, 0.4) is 0 Å². The van der Waals surface area contributed by atoms with Gasteiger partial charge in [-0.1, -0.05) is 11.6 Å². The molecule has 4 rings (SSSR count). The Morgan fingerprint density at radius 3 is 2.41 bits per heavy atom. The number of ether oxygens (including phenoxy) is 1. The monoisotopic (exact) mass is 619 g/mol. The molecule has 222 valence electrons. The molecule has 14 heteroatoms. The zero-order valence-corrected chi connectivity index (χ0v) is 23.5. The van der Waals surface area contributed by atoms with E-state index < -0.39 is 55.3 Å². The molecule has 1 saturated carbocycles. The normalized spacial score (nSPS) is 17.6. The summed E-state index contributed by atoms with van der Waals surface area (Å²) in [4.78, 5) is 14.2. The zero-order valence-electron chi connectivity index (χ0n) is 22.0. The number of nitriles is 1. The Morgan fingerprint density at radius 1 is 1.20 bits per heavy atom. The summed E-state index contributed by atoms with van der Waals surface area (Å²) in [6, 6.07) is 5.90. The third-order valence-corrected chi connectivity index (χ3v) is 8.15. The molecule has 2 aromatic rings. The molecular formula is C27H27ClF5N3O4S. The molecule has 2 aromatic carbocycles. The van der Waals surface area contributed by atoms with Gasteiger partial charge in [0.1, 0.15) is 24.0 Å². The van der Waals surface area contributed by atoms with E-state index in [1.165, 1.54) is 6.07 Å². The number of hydrogen-bond acceptors (Lipinski definition) is 6. The zero-order chi connectivity index (χ0) is 30.2. The van der Waals surface area contributed by atoms with Gasteiger partial charge in [0.05, 0.1) is 33.9 Å². The predicted molar refractivity (Wildman–Crippen MR) is 140 cm³/mol. The van der Waals surface area contributed by atoms with Crippen LogP contribution < -0.4 is 9.46 Å². The third kappa shape index (κ3) is 7.67. The molecule has 7 nitrogen and oxygen atoms in total. The van der Waals surface area contributed by atoms with E-state index in [-0.39, 0.29) is 36.8 Å². The summed E-state index contributed by atoms with van der Waals surface area (Å²) in [6.07, 6.45) is -1.61. The van der Waals surface area contributed by atoms with E-state index in [1.54, 1.807) is 4.72 Å². The summed E-state index contributed by atoms with van der Waals surface area (Å²) in [5.41, 5.74) is -1.97. The molecule has 2 fully saturated rings. The number of piperidine rings is 1. The first-order chi connectivity index (χ1) is 19.1. The van der Waals surface area contributed by atoms with Crippen molar-refractivity contribution in [2.45, 2.75) is 44.2 Å². The van der Waals surface area contributed by atoms with Gasteiger partial charge in [-0.3, -0.25) is 4.79 Å². The summed E-state index contributed by atoms with van der Waals surface area (Å²) < 4.78 is 99.0. The van der Waals surface area contributed by atoms with Crippen LogP contribution in [0.25, 0.3) is 0 Å². The Labute approximate surface area is 239 Å². The second-order valence-corrected chi connectivity index (χ2v) is 12.7. The molecule has 1 aliphatic carbocycles. The maximum atomic E-state index is 14.8. The van der Waals surface area contributed by atoms with Gasteiger partial charge in [0.2, 0.25) is 10.0 Å². The van der Waals surface area contributed by atoms with Gasteiger partial charge in [0, 0.05) is 12.6 Å². The molecule has 0 radical (unpaired) electrons. The highest BCUT2D eigenvalue weighted by molar-refractivity contribution is 7.89. The second-order valence-electron chi connectivity index (χ2n) is 10.5. The highest BCUT2D eigenvalue weighted by atomic mass is 35.5. The number of sulfonamides is 1. The van der Waals surface area contributed by atoms with E-state index in [2.05, 4.69) is 6.07 Å². The van der Waals surface area contributed by atoms with Crippen LogP contribution in [-0.4, -0.2) is 51.7 Å². The molecule has 0 unspecified atom stereocenters. The number of amides is 1. The first-order valence-electron chi connectivity index (χ1n) is 12.8. The number of carbonyl (C=O) groups excluding carboxylic acids is 1. The molecule has 1 heterocycles. The smallest absolute Gasteiger partial charge is 0.416 e. The van der Waals surface area contributed by atoms with Gasteiger partial charge in [0.15, 0.2) is 0 Å². The first kappa shape index (κ1) is 31.0. The fourth-order valence-electron chi connectivity index (χ4n) is 4.79. The van der Waals surface area contributed by atoms with Gasteiger partial charge in [-0.05, 0) is 80.4 Å². The molecule has 1 N–H and O–H groups in total. The SMILES string of the molecule is CS(=O)(=O)NC(=O)c1cc(C2CC2)c(OCC2(C#N)CCN(CCc3cc(C(F)(F)F)cc(Cl)c3F)CC2)cc1F. The fourth-order valence-corrected chi connectivity index (χ4v) is 5.47. The van der Waals surface area contributed by atoms with Crippen molar-refractivity contribution in [3.8, 4) is 11.8 Å². The van der Waals surface area contributed by atoms with Crippen molar-refractivity contribution in [2.75, 3.05) is 32.5 Å². The minimum Gasteiger partial charge on any atom is -0.492 e. The first-order valence-corrected chi connectivity index (χ1v) is 15.0. The highest BCUT2D eigenvalue weighted by Gasteiger charge is 2.37. The number of nitrogens with zero attached hydrogens (tertiary/aromatic N) is 2. The largest absolute Gasteiger partial charge is 0.492 e. The van der Waals surface area contributed by atoms with Crippen molar-refractivity contribution in [3.63, 3.8) is 0 Å². The molecule has 0 aromatic heterocycles. The van der Waals surface area contributed by atoms with Gasteiger partial charge in [0.25, 0.3) is 5.91 Å². The van der Waals surface area contributed by atoms with Crippen LogP contribution in [0, 0.1) is 28.4 Å². The Morgan fingerprint density at radius 2 is 1.85 bits per heavy atom. The molecule has 0 spiro atoms. The van der Waals surface area contributed by atoms with Crippen molar-refractivity contribution in [2.24, 2.45) is 5.41 Å². The summed E-state index contributed by atoms with van der Waals surface area (Å²) in [6.45, 7) is 0.994. The second kappa shape index (κ2) is 11.7.